The molecule has 0 bridgehead atoms. The Balaban J connectivity index is 1.76. The highest BCUT2D eigenvalue weighted by Gasteiger charge is 2.42. The molecule has 0 aliphatic carbocycles. The number of amides is 2. The first-order valence-electron chi connectivity index (χ1n) is 8.04. The fraction of sp³-hybridized carbons (Fsp3) is 0.176. The van der Waals surface area contributed by atoms with Gasteiger partial charge in [-0.1, -0.05) is 62.9 Å². The highest BCUT2D eigenvalue weighted by molar-refractivity contribution is 9.10. The van der Waals surface area contributed by atoms with E-state index in [4.69, 9.17) is 34.8 Å². The predicted molar refractivity (Wildman–Crippen MR) is 115 cm³/mol. The lowest BCUT2D eigenvalue weighted by atomic mass is 10.2. The van der Waals surface area contributed by atoms with E-state index in [1.807, 2.05) is 0 Å². The van der Waals surface area contributed by atoms with Crippen LogP contribution in [0.25, 0.3) is 0 Å². The normalized spacial score (nSPS) is 16.3. The van der Waals surface area contributed by atoms with Crippen molar-refractivity contribution < 1.29 is 18.0 Å². The third-order valence-corrected chi connectivity index (χ3v) is 6.96. The zero-order chi connectivity index (χ0) is 21.4. The van der Waals surface area contributed by atoms with Crippen molar-refractivity contribution in [1.82, 2.24) is 9.62 Å². The maximum atomic E-state index is 12.6. The van der Waals surface area contributed by atoms with Gasteiger partial charge in [-0.3, -0.25) is 9.59 Å². The van der Waals surface area contributed by atoms with Gasteiger partial charge in [-0.2, -0.15) is 0 Å². The summed E-state index contributed by atoms with van der Waals surface area (Å²) in [6.45, 7) is -0.755. The summed E-state index contributed by atoms with van der Waals surface area (Å²) >= 11 is 21.1. The molecule has 2 aromatic rings. The number of hydrogen-bond donors (Lipinski definition) is 2. The van der Waals surface area contributed by atoms with Crippen LogP contribution in [-0.2, 0) is 14.8 Å². The summed E-state index contributed by atoms with van der Waals surface area (Å²) in [4.78, 5) is 24.8. The number of anilines is 1. The number of fused-ring (bicyclic) bond motifs is 1. The summed E-state index contributed by atoms with van der Waals surface area (Å²) in [5.74, 6) is -1.61. The number of benzene rings is 2. The second-order valence-corrected chi connectivity index (χ2v) is 11.1. The minimum absolute atomic E-state index is 0.00575. The number of carbonyl (C=O) groups excluding carboxylic acids is 2. The summed E-state index contributed by atoms with van der Waals surface area (Å²) in [6, 6.07) is 12.6. The predicted octanol–water partition coefficient (Wildman–Crippen LogP) is 3.52. The van der Waals surface area contributed by atoms with Crippen LogP contribution in [0.5, 0.6) is 0 Å². The Morgan fingerprint density at radius 1 is 1.10 bits per heavy atom. The minimum atomic E-state index is -4.13. The molecular formula is C17H13BrCl3N3O4S. The first-order valence-corrected chi connectivity index (χ1v) is 11.4. The topological polar surface area (TPSA) is 95.6 Å². The van der Waals surface area contributed by atoms with Crippen LogP contribution in [0.3, 0.4) is 0 Å². The smallest absolute Gasteiger partial charge is 0.269 e. The van der Waals surface area contributed by atoms with Gasteiger partial charge >= 0.3 is 0 Å². The van der Waals surface area contributed by atoms with E-state index in [1.54, 1.807) is 24.3 Å². The van der Waals surface area contributed by atoms with Crippen LogP contribution < -0.4 is 10.6 Å². The van der Waals surface area contributed by atoms with E-state index in [-0.39, 0.29) is 10.5 Å². The second-order valence-electron chi connectivity index (χ2n) is 6.01. The quantitative estimate of drug-likeness (QED) is 0.446. The van der Waals surface area contributed by atoms with Crippen LogP contribution in [0.2, 0.25) is 0 Å². The van der Waals surface area contributed by atoms with E-state index in [1.165, 1.54) is 24.3 Å². The molecule has 12 heteroatoms. The van der Waals surface area contributed by atoms with Crippen LogP contribution >= 0.6 is 50.7 Å². The Morgan fingerprint density at radius 2 is 1.72 bits per heavy atom. The molecule has 1 aliphatic heterocycles. The fourth-order valence-corrected chi connectivity index (χ4v) is 4.75. The lowest BCUT2D eigenvalue weighted by Gasteiger charge is -2.28. The number of hydrogen-bond acceptors (Lipinski definition) is 5. The number of carbonyl (C=O) groups is 2. The molecule has 3 rings (SSSR count). The fourth-order valence-electron chi connectivity index (χ4n) is 2.64. The molecule has 29 heavy (non-hydrogen) atoms. The molecule has 1 heterocycles. The Bertz CT molecular complexity index is 1060. The van der Waals surface area contributed by atoms with Crippen molar-refractivity contribution in [2.75, 3.05) is 11.9 Å². The molecule has 0 saturated heterocycles. The van der Waals surface area contributed by atoms with Crippen molar-refractivity contribution >= 4 is 78.3 Å². The average Bonchev–Trinajstić information content (AvgIpc) is 2.83. The number of rotatable bonds is 5. The van der Waals surface area contributed by atoms with Crippen LogP contribution in [0.15, 0.2) is 57.9 Å². The molecular weight excluding hydrogens is 529 g/mol. The van der Waals surface area contributed by atoms with Gasteiger partial charge in [0.25, 0.3) is 15.9 Å². The zero-order valence-electron chi connectivity index (χ0n) is 14.4. The van der Waals surface area contributed by atoms with Gasteiger partial charge in [0.2, 0.25) is 9.70 Å². The number of nitrogens with one attached hydrogen (secondary N) is 2. The largest absolute Gasteiger partial charge is 0.362 e. The summed E-state index contributed by atoms with van der Waals surface area (Å²) in [6.07, 6.45) is -1.19. The van der Waals surface area contributed by atoms with Gasteiger partial charge in [0.05, 0.1) is 5.56 Å². The third-order valence-electron chi connectivity index (χ3n) is 3.99. The van der Waals surface area contributed by atoms with E-state index >= 15 is 0 Å². The van der Waals surface area contributed by atoms with Crippen molar-refractivity contribution in [3.8, 4) is 0 Å². The van der Waals surface area contributed by atoms with E-state index < -0.39 is 38.3 Å². The van der Waals surface area contributed by atoms with E-state index in [2.05, 4.69) is 26.6 Å². The molecule has 0 radical (unpaired) electrons. The molecule has 0 fully saturated rings. The van der Waals surface area contributed by atoms with Gasteiger partial charge in [0, 0.05) is 10.2 Å². The molecule has 2 N–H and O–H groups in total. The minimum Gasteiger partial charge on any atom is -0.362 e. The van der Waals surface area contributed by atoms with Crippen molar-refractivity contribution in [3.63, 3.8) is 0 Å². The second kappa shape index (κ2) is 8.31. The highest BCUT2D eigenvalue weighted by atomic mass is 79.9. The van der Waals surface area contributed by atoms with Gasteiger partial charge in [-0.25, -0.2) is 12.7 Å². The Hall–Kier alpha value is -1.52. The van der Waals surface area contributed by atoms with Crippen molar-refractivity contribution in [1.29, 1.82) is 0 Å². The molecule has 2 amide bonds. The Kier molecular flexibility index (Phi) is 6.35. The Labute approximate surface area is 190 Å². The number of sulfonamides is 1. The summed E-state index contributed by atoms with van der Waals surface area (Å²) in [7, 11) is -4.13. The molecule has 1 unspecified atom stereocenters. The van der Waals surface area contributed by atoms with Gasteiger partial charge < -0.3 is 10.6 Å². The summed E-state index contributed by atoms with van der Waals surface area (Å²) in [5.41, 5.74) is 0.549. The first-order chi connectivity index (χ1) is 13.5. The van der Waals surface area contributed by atoms with Gasteiger partial charge in [0.1, 0.15) is 17.6 Å². The summed E-state index contributed by atoms with van der Waals surface area (Å²) in [5, 5.41) is 5.27. The van der Waals surface area contributed by atoms with Crippen LogP contribution in [0, 0.1) is 0 Å². The summed E-state index contributed by atoms with van der Waals surface area (Å²) < 4.78 is 24.5. The SMILES string of the molecule is O=C(CN1C(=O)c2ccccc2S1(=O)=O)NC(Nc1ccc(Br)cc1)C(Cl)(Cl)Cl. The van der Waals surface area contributed by atoms with Gasteiger partial charge in [-0.05, 0) is 36.4 Å². The first kappa shape index (κ1) is 22.2. The van der Waals surface area contributed by atoms with Crippen molar-refractivity contribution in [2.24, 2.45) is 0 Å². The number of nitrogens with zero attached hydrogens (tertiary/aromatic N) is 1. The Morgan fingerprint density at radius 3 is 2.31 bits per heavy atom. The molecule has 0 saturated carbocycles. The lowest BCUT2D eigenvalue weighted by Crippen LogP contribution is -2.52. The molecule has 1 atom stereocenters. The third kappa shape index (κ3) is 4.80. The van der Waals surface area contributed by atoms with Gasteiger partial charge in [-0.15, -0.1) is 0 Å². The molecule has 0 aromatic heterocycles. The van der Waals surface area contributed by atoms with E-state index in [0.717, 1.165) is 4.47 Å². The van der Waals surface area contributed by atoms with Crippen molar-refractivity contribution in [2.45, 2.75) is 14.9 Å². The number of halogens is 4. The molecule has 2 aromatic carbocycles. The molecule has 0 spiro atoms. The highest BCUT2D eigenvalue weighted by Crippen LogP contribution is 2.32. The maximum Gasteiger partial charge on any atom is 0.269 e. The van der Waals surface area contributed by atoms with E-state index in [9.17, 15) is 18.0 Å². The van der Waals surface area contributed by atoms with Crippen molar-refractivity contribution in [3.05, 3.63) is 58.6 Å². The van der Waals surface area contributed by atoms with E-state index in [0.29, 0.717) is 9.99 Å². The molecule has 154 valence electrons. The molecule has 7 nitrogen and oxygen atoms in total. The van der Waals surface area contributed by atoms with Crippen LogP contribution in [0.4, 0.5) is 5.69 Å². The average molecular weight is 542 g/mol. The zero-order valence-corrected chi connectivity index (χ0v) is 19.1. The maximum absolute atomic E-state index is 12.6. The van der Waals surface area contributed by atoms with Crippen LogP contribution in [-0.4, -0.2) is 41.0 Å². The molecule has 1 aliphatic rings. The van der Waals surface area contributed by atoms with Gasteiger partial charge in [0.15, 0.2) is 0 Å². The monoisotopic (exact) mass is 539 g/mol. The van der Waals surface area contributed by atoms with Crippen LogP contribution in [0.1, 0.15) is 10.4 Å². The number of alkyl halides is 3. The lowest BCUT2D eigenvalue weighted by molar-refractivity contribution is -0.121. The standard InChI is InChI=1S/C17H13BrCl3N3O4S/c18-10-5-7-11(8-6-10)22-16(17(19,20)21)23-14(25)9-24-15(26)12-3-1-2-4-13(12)29(24,27)28/h1-8,16,22H,9H2,(H,23,25).